The molecule has 4 nitrogen and oxygen atoms in total. The molecule has 2 heterocycles. The van der Waals surface area contributed by atoms with E-state index in [1.165, 1.54) is 23.2 Å². The molecule has 2 aromatic heterocycles. The highest BCUT2D eigenvalue weighted by atomic mass is 32.1. The van der Waals surface area contributed by atoms with Gasteiger partial charge in [0, 0.05) is 0 Å². The molecule has 106 valence electrons. The van der Waals surface area contributed by atoms with Gasteiger partial charge in [-0.2, -0.15) is 0 Å². The maximum Gasteiger partial charge on any atom is 0.229 e. The second-order valence-electron chi connectivity index (χ2n) is 5.02. The number of hydrogen-bond donors (Lipinski definition) is 1. The highest BCUT2D eigenvalue weighted by Crippen LogP contribution is 2.23. The van der Waals surface area contributed by atoms with Gasteiger partial charge in [0.1, 0.15) is 17.0 Å². The zero-order chi connectivity index (χ0) is 14.8. The lowest BCUT2D eigenvalue weighted by atomic mass is 10.0. The van der Waals surface area contributed by atoms with E-state index in [9.17, 15) is 4.79 Å². The van der Waals surface area contributed by atoms with E-state index in [2.05, 4.69) is 21.4 Å². The first kappa shape index (κ1) is 13.7. The molecule has 0 saturated heterocycles. The highest BCUT2D eigenvalue weighted by molar-refractivity contribution is 7.16. The van der Waals surface area contributed by atoms with Crippen LogP contribution in [0.4, 0.5) is 5.82 Å². The lowest BCUT2D eigenvalue weighted by molar-refractivity contribution is -0.115. The van der Waals surface area contributed by atoms with Gasteiger partial charge in [0.05, 0.1) is 11.8 Å². The predicted molar refractivity (Wildman–Crippen MR) is 85.7 cm³/mol. The number of aryl methyl sites for hydroxylation is 2. The molecule has 0 unspecified atom stereocenters. The van der Waals surface area contributed by atoms with Crippen molar-refractivity contribution in [2.45, 2.75) is 20.3 Å². The van der Waals surface area contributed by atoms with Crippen molar-refractivity contribution < 1.29 is 4.79 Å². The summed E-state index contributed by atoms with van der Waals surface area (Å²) in [6, 6.07) is 8.04. The third kappa shape index (κ3) is 2.92. The Morgan fingerprint density at radius 1 is 1.24 bits per heavy atom. The van der Waals surface area contributed by atoms with Crippen LogP contribution in [0.3, 0.4) is 0 Å². The van der Waals surface area contributed by atoms with Crippen LogP contribution in [0, 0.1) is 13.8 Å². The normalized spacial score (nSPS) is 10.8. The summed E-state index contributed by atoms with van der Waals surface area (Å²) in [5, 5.41) is 5.71. The number of carbonyl (C=O) groups excluding carboxylic acids is 1. The summed E-state index contributed by atoms with van der Waals surface area (Å²) >= 11 is 1.53. The van der Waals surface area contributed by atoms with Crippen molar-refractivity contribution in [2.24, 2.45) is 0 Å². The van der Waals surface area contributed by atoms with Crippen molar-refractivity contribution in [3.63, 3.8) is 0 Å². The van der Waals surface area contributed by atoms with Crippen LogP contribution in [0.15, 0.2) is 36.0 Å². The number of rotatable bonds is 3. The quantitative estimate of drug-likeness (QED) is 0.805. The van der Waals surface area contributed by atoms with E-state index in [1.807, 2.05) is 37.4 Å². The Kier molecular flexibility index (Phi) is 3.66. The number of nitrogens with zero attached hydrogens (tertiary/aromatic N) is 2. The molecular weight excluding hydrogens is 282 g/mol. The SMILES string of the molecule is Cc1ccc(CC(=O)Nc2ncnc3sccc23)c(C)c1. The summed E-state index contributed by atoms with van der Waals surface area (Å²) in [7, 11) is 0. The Balaban J connectivity index is 1.79. The summed E-state index contributed by atoms with van der Waals surface area (Å²) < 4.78 is 0. The third-order valence-electron chi connectivity index (χ3n) is 3.37. The molecule has 0 saturated carbocycles. The molecule has 3 aromatic rings. The molecule has 3 rings (SSSR count). The molecule has 0 radical (unpaired) electrons. The fourth-order valence-corrected chi connectivity index (χ4v) is 3.02. The largest absolute Gasteiger partial charge is 0.310 e. The van der Waals surface area contributed by atoms with Crippen molar-refractivity contribution in [3.05, 3.63) is 52.7 Å². The highest BCUT2D eigenvalue weighted by Gasteiger charge is 2.10. The molecule has 0 atom stereocenters. The fraction of sp³-hybridized carbons (Fsp3) is 0.188. The lowest BCUT2D eigenvalue weighted by Crippen LogP contribution is -2.16. The Morgan fingerprint density at radius 2 is 2.10 bits per heavy atom. The number of fused-ring (bicyclic) bond motifs is 1. The van der Waals surface area contributed by atoms with Gasteiger partial charge in [-0.05, 0) is 36.4 Å². The third-order valence-corrected chi connectivity index (χ3v) is 4.19. The van der Waals surface area contributed by atoms with Crippen molar-refractivity contribution in [3.8, 4) is 0 Å². The molecule has 21 heavy (non-hydrogen) atoms. The van der Waals surface area contributed by atoms with Gasteiger partial charge in [-0.1, -0.05) is 23.8 Å². The van der Waals surface area contributed by atoms with Gasteiger partial charge in [0.25, 0.3) is 0 Å². The Labute approximate surface area is 126 Å². The number of aromatic nitrogens is 2. The number of hydrogen-bond acceptors (Lipinski definition) is 4. The second kappa shape index (κ2) is 5.61. The average molecular weight is 297 g/mol. The zero-order valence-electron chi connectivity index (χ0n) is 11.9. The van der Waals surface area contributed by atoms with Gasteiger partial charge >= 0.3 is 0 Å². The fourth-order valence-electron chi connectivity index (χ4n) is 2.28. The Hall–Kier alpha value is -2.27. The Morgan fingerprint density at radius 3 is 2.90 bits per heavy atom. The maximum atomic E-state index is 12.2. The van der Waals surface area contributed by atoms with Gasteiger partial charge in [-0.25, -0.2) is 9.97 Å². The van der Waals surface area contributed by atoms with E-state index in [4.69, 9.17) is 0 Å². The number of carbonyl (C=O) groups is 1. The molecular formula is C16H15N3OS. The minimum Gasteiger partial charge on any atom is -0.310 e. The van der Waals surface area contributed by atoms with Crippen LogP contribution in [-0.4, -0.2) is 15.9 Å². The van der Waals surface area contributed by atoms with Crippen LogP contribution in [0.2, 0.25) is 0 Å². The van der Waals surface area contributed by atoms with Crippen LogP contribution in [0.1, 0.15) is 16.7 Å². The van der Waals surface area contributed by atoms with E-state index >= 15 is 0 Å². The topological polar surface area (TPSA) is 54.9 Å². The Bertz CT molecular complexity index is 810. The summed E-state index contributed by atoms with van der Waals surface area (Å²) in [6.45, 7) is 4.07. The molecule has 0 aliphatic heterocycles. The number of anilines is 1. The summed E-state index contributed by atoms with van der Waals surface area (Å²) in [4.78, 5) is 21.4. The molecule has 1 N–H and O–H groups in total. The summed E-state index contributed by atoms with van der Waals surface area (Å²) in [5.41, 5.74) is 3.37. The minimum atomic E-state index is -0.0619. The predicted octanol–water partition coefficient (Wildman–Crippen LogP) is 3.49. The number of thiophene rings is 1. The summed E-state index contributed by atoms with van der Waals surface area (Å²) in [5.74, 6) is 0.518. The monoisotopic (exact) mass is 297 g/mol. The number of nitrogens with one attached hydrogen (secondary N) is 1. The second-order valence-corrected chi connectivity index (χ2v) is 5.91. The van der Waals surface area contributed by atoms with Crippen molar-refractivity contribution in [1.29, 1.82) is 0 Å². The van der Waals surface area contributed by atoms with Crippen molar-refractivity contribution in [1.82, 2.24) is 9.97 Å². The molecule has 0 aliphatic rings. The molecule has 1 amide bonds. The van der Waals surface area contributed by atoms with E-state index in [-0.39, 0.29) is 5.91 Å². The van der Waals surface area contributed by atoms with Crippen molar-refractivity contribution >= 4 is 33.3 Å². The van der Waals surface area contributed by atoms with Gasteiger partial charge in [-0.3, -0.25) is 4.79 Å². The van der Waals surface area contributed by atoms with Gasteiger partial charge in [0.2, 0.25) is 5.91 Å². The van der Waals surface area contributed by atoms with E-state index in [0.29, 0.717) is 12.2 Å². The van der Waals surface area contributed by atoms with E-state index in [0.717, 1.165) is 21.3 Å². The van der Waals surface area contributed by atoms with Crippen molar-refractivity contribution in [2.75, 3.05) is 5.32 Å². The molecule has 0 fully saturated rings. The lowest BCUT2D eigenvalue weighted by Gasteiger charge is -2.08. The molecule has 5 heteroatoms. The van der Waals surface area contributed by atoms with E-state index in [1.54, 1.807) is 0 Å². The molecule has 0 bridgehead atoms. The van der Waals surface area contributed by atoms with E-state index < -0.39 is 0 Å². The summed E-state index contributed by atoms with van der Waals surface area (Å²) in [6.07, 6.45) is 1.83. The average Bonchev–Trinajstić information content (AvgIpc) is 2.91. The standard InChI is InChI=1S/C16H15N3OS/c1-10-3-4-12(11(2)7-10)8-14(20)19-15-13-5-6-21-16(13)18-9-17-15/h3-7,9H,8H2,1-2H3,(H,17,18,19,20). The maximum absolute atomic E-state index is 12.2. The van der Waals surface area contributed by atoms with Crippen LogP contribution >= 0.6 is 11.3 Å². The van der Waals surface area contributed by atoms with Gasteiger partial charge < -0.3 is 5.32 Å². The number of amides is 1. The first-order chi connectivity index (χ1) is 10.1. The van der Waals surface area contributed by atoms with Crippen LogP contribution in [0.5, 0.6) is 0 Å². The molecule has 0 aliphatic carbocycles. The van der Waals surface area contributed by atoms with Crippen LogP contribution in [0.25, 0.3) is 10.2 Å². The van der Waals surface area contributed by atoms with Crippen LogP contribution < -0.4 is 5.32 Å². The first-order valence-corrected chi connectivity index (χ1v) is 7.55. The van der Waals surface area contributed by atoms with Gasteiger partial charge in [0.15, 0.2) is 0 Å². The zero-order valence-corrected chi connectivity index (χ0v) is 12.7. The minimum absolute atomic E-state index is 0.0619. The van der Waals surface area contributed by atoms with Crippen LogP contribution in [-0.2, 0) is 11.2 Å². The molecule has 0 spiro atoms. The molecule has 1 aromatic carbocycles. The smallest absolute Gasteiger partial charge is 0.229 e. The first-order valence-electron chi connectivity index (χ1n) is 6.67. The number of benzene rings is 1. The van der Waals surface area contributed by atoms with Gasteiger partial charge in [-0.15, -0.1) is 11.3 Å².